The molecule has 0 radical (unpaired) electrons. The summed E-state index contributed by atoms with van der Waals surface area (Å²) < 4.78 is 12.5. The van der Waals surface area contributed by atoms with Gasteiger partial charge in [-0.1, -0.05) is 0 Å². The third-order valence-corrected chi connectivity index (χ3v) is 3.32. The van der Waals surface area contributed by atoms with E-state index in [1.807, 2.05) is 25.5 Å². The average molecular weight is 292 g/mol. The van der Waals surface area contributed by atoms with Crippen LogP contribution in [0, 0.1) is 0 Å². The van der Waals surface area contributed by atoms with E-state index in [2.05, 4.69) is 4.99 Å². The number of hydrogen-bond donors (Lipinski definition) is 0. The van der Waals surface area contributed by atoms with E-state index in [9.17, 15) is 4.79 Å². The Hall–Kier alpha value is -2.08. The van der Waals surface area contributed by atoms with Crippen LogP contribution in [0.1, 0.15) is 6.92 Å². The van der Waals surface area contributed by atoms with Crippen LogP contribution >= 0.6 is 11.3 Å². The van der Waals surface area contributed by atoms with Crippen molar-refractivity contribution in [2.24, 2.45) is 12.0 Å². The Morgan fingerprint density at radius 2 is 1.90 bits per heavy atom. The van der Waals surface area contributed by atoms with Crippen molar-refractivity contribution in [1.82, 2.24) is 4.57 Å². The number of aromatic nitrogens is 1. The number of carbonyl (C=O) groups is 1. The molecule has 5 nitrogen and oxygen atoms in total. The van der Waals surface area contributed by atoms with Gasteiger partial charge in [-0.3, -0.25) is 4.79 Å². The highest BCUT2D eigenvalue weighted by atomic mass is 32.1. The maximum Gasteiger partial charge on any atom is 0.286 e. The molecule has 0 unspecified atom stereocenters. The molecule has 0 saturated heterocycles. The molecule has 0 aliphatic rings. The molecule has 0 atom stereocenters. The summed E-state index contributed by atoms with van der Waals surface area (Å²) in [4.78, 5) is 16.3. The molecule has 20 heavy (non-hydrogen) atoms. The number of rotatable bonds is 5. The number of ether oxygens (including phenoxy) is 2. The lowest BCUT2D eigenvalue weighted by Crippen LogP contribution is -2.16. The van der Waals surface area contributed by atoms with Gasteiger partial charge < -0.3 is 14.0 Å². The molecule has 1 heterocycles. The molecule has 0 N–H and O–H groups in total. The van der Waals surface area contributed by atoms with Gasteiger partial charge >= 0.3 is 0 Å². The molecule has 0 aliphatic carbocycles. The van der Waals surface area contributed by atoms with E-state index in [-0.39, 0.29) is 12.5 Å². The lowest BCUT2D eigenvalue weighted by atomic mass is 10.3. The zero-order chi connectivity index (χ0) is 14.4. The fraction of sp³-hybridized carbons (Fsp3) is 0.286. The summed E-state index contributed by atoms with van der Waals surface area (Å²) in [5.74, 6) is 1.09. The van der Waals surface area contributed by atoms with Crippen molar-refractivity contribution >= 4 is 17.2 Å². The predicted molar refractivity (Wildman–Crippen MR) is 77.0 cm³/mol. The summed E-state index contributed by atoms with van der Waals surface area (Å²) in [6, 6.07) is 7.15. The Balaban J connectivity index is 1.92. The van der Waals surface area contributed by atoms with Gasteiger partial charge in [0.2, 0.25) is 0 Å². The van der Waals surface area contributed by atoms with Gasteiger partial charge in [-0.25, -0.2) is 0 Å². The maximum absolute atomic E-state index is 11.7. The van der Waals surface area contributed by atoms with Crippen LogP contribution in [-0.4, -0.2) is 23.7 Å². The molecule has 0 saturated carbocycles. The van der Waals surface area contributed by atoms with Crippen LogP contribution in [0.15, 0.2) is 40.8 Å². The first kappa shape index (κ1) is 14.3. The fourth-order valence-corrected chi connectivity index (χ4v) is 2.26. The van der Waals surface area contributed by atoms with Crippen LogP contribution in [-0.2, 0) is 11.8 Å². The van der Waals surface area contributed by atoms with Crippen LogP contribution in [0.5, 0.6) is 11.5 Å². The van der Waals surface area contributed by atoms with Crippen molar-refractivity contribution in [3.8, 4) is 11.5 Å². The monoisotopic (exact) mass is 292 g/mol. The minimum Gasteiger partial charge on any atom is -0.494 e. The van der Waals surface area contributed by atoms with Crippen molar-refractivity contribution in [3.63, 3.8) is 0 Å². The summed E-state index contributed by atoms with van der Waals surface area (Å²) in [6.07, 6.45) is 1.85. The summed E-state index contributed by atoms with van der Waals surface area (Å²) >= 11 is 1.41. The zero-order valence-corrected chi connectivity index (χ0v) is 12.2. The van der Waals surface area contributed by atoms with E-state index < -0.39 is 0 Å². The van der Waals surface area contributed by atoms with E-state index in [1.54, 1.807) is 28.8 Å². The minimum atomic E-state index is -0.308. The minimum absolute atomic E-state index is 0.0775. The van der Waals surface area contributed by atoms with Crippen molar-refractivity contribution in [2.45, 2.75) is 6.92 Å². The van der Waals surface area contributed by atoms with Gasteiger partial charge in [0.15, 0.2) is 11.4 Å². The zero-order valence-electron chi connectivity index (χ0n) is 11.4. The van der Waals surface area contributed by atoms with Crippen molar-refractivity contribution < 1.29 is 14.3 Å². The average Bonchev–Trinajstić information content (AvgIpc) is 2.84. The van der Waals surface area contributed by atoms with E-state index in [0.29, 0.717) is 17.2 Å². The lowest BCUT2D eigenvalue weighted by molar-refractivity contribution is -0.120. The van der Waals surface area contributed by atoms with Gasteiger partial charge in [-0.15, -0.1) is 11.3 Å². The number of carbonyl (C=O) groups excluding carboxylic acids is 1. The lowest BCUT2D eigenvalue weighted by Gasteiger charge is -2.05. The highest BCUT2D eigenvalue weighted by molar-refractivity contribution is 7.07. The Morgan fingerprint density at radius 3 is 2.45 bits per heavy atom. The van der Waals surface area contributed by atoms with E-state index >= 15 is 0 Å². The van der Waals surface area contributed by atoms with Gasteiger partial charge in [0.05, 0.1) is 6.61 Å². The molecule has 0 fully saturated rings. The molecule has 0 bridgehead atoms. The van der Waals surface area contributed by atoms with Gasteiger partial charge in [-0.05, 0) is 31.2 Å². The Kier molecular flexibility index (Phi) is 4.95. The Labute approximate surface area is 121 Å². The highest BCUT2D eigenvalue weighted by Gasteiger charge is 2.02. The highest BCUT2D eigenvalue weighted by Crippen LogP contribution is 2.17. The molecule has 1 aromatic carbocycles. The van der Waals surface area contributed by atoms with Gasteiger partial charge in [-0.2, -0.15) is 4.99 Å². The summed E-state index contributed by atoms with van der Waals surface area (Å²) in [7, 11) is 1.84. The number of aryl methyl sites for hydroxylation is 1. The first-order valence-corrected chi connectivity index (χ1v) is 7.10. The molecule has 1 amide bonds. The molecule has 0 aliphatic heterocycles. The molecule has 106 valence electrons. The van der Waals surface area contributed by atoms with Crippen molar-refractivity contribution in [3.05, 3.63) is 40.6 Å². The SMILES string of the molecule is CCOc1ccc(OCC(=O)N=c2sccn2C)cc1. The van der Waals surface area contributed by atoms with Crippen LogP contribution < -0.4 is 14.3 Å². The molecular formula is C14H16N2O3S. The Bertz CT molecular complexity index is 628. The number of benzene rings is 1. The number of thiazole rings is 1. The topological polar surface area (TPSA) is 52.8 Å². The second-order valence-electron chi connectivity index (χ2n) is 4.00. The first-order chi connectivity index (χ1) is 9.69. The smallest absolute Gasteiger partial charge is 0.286 e. The second kappa shape index (κ2) is 6.91. The third kappa shape index (κ3) is 3.96. The summed E-state index contributed by atoms with van der Waals surface area (Å²) in [6.45, 7) is 2.47. The van der Waals surface area contributed by atoms with Crippen LogP contribution in [0.2, 0.25) is 0 Å². The van der Waals surface area contributed by atoms with Crippen molar-refractivity contribution in [2.75, 3.05) is 13.2 Å². The van der Waals surface area contributed by atoms with Crippen molar-refractivity contribution in [1.29, 1.82) is 0 Å². The van der Waals surface area contributed by atoms with Crippen LogP contribution in [0.3, 0.4) is 0 Å². The molecular weight excluding hydrogens is 276 g/mol. The van der Waals surface area contributed by atoms with Crippen LogP contribution in [0.4, 0.5) is 0 Å². The molecule has 2 aromatic rings. The third-order valence-electron chi connectivity index (χ3n) is 2.48. The molecule has 0 spiro atoms. The molecule has 1 aromatic heterocycles. The van der Waals surface area contributed by atoms with E-state index in [0.717, 1.165) is 5.75 Å². The number of nitrogens with zero attached hydrogens (tertiary/aromatic N) is 2. The number of hydrogen-bond acceptors (Lipinski definition) is 4. The fourth-order valence-electron chi connectivity index (χ4n) is 1.52. The van der Waals surface area contributed by atoms with Gasteiger partial charge in [0.25, 0.3) is 5.91 Å². The largest absolute Gasteiger partial charge is 0.494 e. The van der Waals surface area contributed by atoms with Gasteiger partial charge in [0, 0.05) is 18.6 Å². The molecule has 6 heteroatoms. The quantitative estimate of drug-likeness (QED) is 0.847. The summed E-state index contributed by atoms with van der Waals surface area (Å²) in [5, 5.41) is 1.87. The van der Waals surface area contributed by atoms with E-state index in [1.165, 1.54) is 11.3 Å². The van der Waals surface area contributed by atoms with E-state index in [4.69, 9.17) is 9.47 Å². The van der Waals surface area contributed by atoms with Gasteiger partial charge in [0.1, 0.15) is 11.5 Å². The number of amides is 1. The Morgan fingerprint density at radius 1 is 1.25 bits per heavy atom. The molecule has 2 rings (SSSR count). The second-order valence-corrected chi connectivity index (χ2v) is 4.87. The summed E-state index contributed by atoms with van der Waals surface area (Å²) in [5.41, 5.74) is 0. The first-order valence-electron chi connectivity index (χ1n) is 6.22. The standard InChI is InChI=1S/C14H16N2O3S/c1-3-18-11-4-6-12(7-5-11)19-10-13(17)15-14-16(2)8-9-20-14/h4-9H,3,10H2,1-2H3. The maximum atomic E-state index is 11.7. The predicted octanol–water partition coefficient (Wildman–Crippen LogP) is 1.99. The normalized spacial score (nSPS) is 11.4. The van der Waals surface area contributed by atoms with Crippen LogP contribution in [0.25, 0.3) is 0 Å².